The van der Waals surface area contributed by atoms with Crippen LogP contribution in [0.3, 0.4) is 0 Å². The third-order valence-corrected chi connectivity index (χ3v) is 5.12. The number of carbonyl (C=O) groups is 1. The Morgan fingerprint density at radius 1 is 1.15 bits per heavy atom. The van der Waals surface area contributed by atoms with E-state index in [1.807, 2.05) is 44.2 Å². The van der Waals surface area contributed by atoms with Gasteiger partial charge in [-0.05, 0) is 19.9 Å². The minimum atomic E-state index is -0.143. The summed E-state index contributed by atoms with van der Waals surface area (Å²) < 4.78 is 1.46. The van der Waals surface area contributed by atoms with Crippen molar-refractivity contribution in [2.75, 3.05) is 11.9 Å². The number of nitrogens with zero attached hydrogens (tertiary/aromatic N) is 4. The van der Waals surface area contributed by atoms with Crippen LogP contribution in [0.2, 0.25) is 0 Å². The van der Waals surface area contributed by atoms with Gasteiger partial charge in [0.15, 0.2) is 5.13 Å². The average molecular weight is 368 g/mol. The lowest BCUT2D eigenvalue weighted by molar-refractivity contribution is -0.116. The second-order valence-electron chi connectivity index (χ2n) is 6.21. The van der Waals surface area contributed by atoms with Gasteiger partial charge in [-0.15, -0.1) is 0 Å². The van der Waals surface area contributed by atoms with Crippen LogP contribution in [0.4, 0.5) is 5.13 Å². The lowest BCUT2D eigenvalue weighted by Gasteiger charge is -2.10. The maximum Gasteiger partial charge on any atom is 0.267 e. The molecule has 2 aromatic heterocycles. The molecule has 134 valence electrons. The van der Waals surface area contributed by atoms with Crippen LogP contribution in [-0.2, 0) is 4.79 Å². The first-order valence-corrected chi connectivity index (χ1v) is 9.11. The van der Waals surface area contributed by atoms with Crippen LogP contribution in [0.25, 0.3) is 21.8 Å². The highest BCUT2D eigenvalue weighted by Crippen LogP contribution is 2.39. The fourth-order valence-electron chi connectivity index (χ4n) is 2.47. The Morgan fingerprint density at radius 3 is 2.46 bits per heavy atom. The summed E-state index contributed by atoms with van der Waals surface area (Å²) in [6, 6.07) is 12.9. The van der Waals surface area contributed by atoms with Crippen molar-refractivity contribution >= 4 is 22.4 Å². The zero-order valence-electron chi connectivity index (χ0n) is 15.1. The summed E-state index contributed by atoms with van der Waals surface area (Å²) in [4.78, 5) is 30.8. The summed E-state index contributed by atoms with van der Waals surface area (Å²) in [5.74, 6) is -0.0926. The lowest BCUT2D eigenvalue weighted by Crippen LogP contribution is -2.23. The van der Waals surface area contributed by atoms with Gasteiger partial charge in [0.25, 0.3) is 5.56 Å². The molecular weight excluding hydrogens is 348 g/mol. The van der Waals surface area contributed by atoms with E-state index in [0.717, 1.165) is 16.1 Å². The van der Waals surface area contributed by atoms with Crippen LogP contribution in [0, 0.1) is 0 Å². The standard InChI is InChI=1S/C19H20N4O2S/c1-12(2)23-16(25)11-10-15(21-23)18-17(14-8-6-5-7-9-14)20-19(26-18)22(4)13(3)24/h5-12H,1-4H3. The van der Waals surface area contributed by atoms with E-state index in [2.05, 4.69) is 10.1 Å². The highest BCUT2D eigenvalue weighted by molar-refractivity contribution is 7.19. The Hall–Kier alpha value is -2.80. The van der Waals surface area contributed by atoms with Crippen LogP contribution < -0.4 is 10.5 Å². The second kappa shape index (κ2) is 7.21. The number of aromatic nitrogens is 3. The molecule has 3 aromatic rings. The van der Waals surface area contributed by atoms with Crippen molar-refractivity contribution in [2.24, 2.45) is 0 Å². The zero-order valence-corrected chi connectivity index (χ0v) is 15.9. The molecule has 7 heteroatoms. The summed E-state index contributed by atoms with van der Waals surface area (Å²) in [6.45, 7) is 5.33. The van der Waals surface area contributed by atoms with Crippen LogP contribution in [0.1, 0.15) is 26.8 Å². The van der Waals surface area contributed by atoms with Crippen LogP contribution in [0.15, 0.2) is 47.3 Å². The lowest BCUT2D eigenvalue weighted by atomic mass is 10.1. The summed E-state index contributed by atoms with van der Waals surface area (Å²) >= 11 is 1.39. The fourth-order valence-corrected chi connectivity index (χ4v) is 3.53. The summed E-state index contributed by atoms with van der Waals surface area (Å²) in [7, 11) is 1.70. The van der Waals surface area contributed by atoms with Crippen molar-refractivity contribution in [3.63, 3.8) is 0 Å². The largest absolute Gasteiger partial charge is 0.291 e. The van der Waals surface area contributed by atoms with E-state index in [9.17, 15) is 9.59 Å². The van der Waals surface area contributed by atoms with Gasteiger partial charge in [0.2, 0.25) is 5.91 Å². The van der Waals surface area contributed by atoms with E-state index in [0.29, 0.717) is 10.8 Å². The van der Waals surface area contributed by atoms with Gasteiger partial charge in [0, 0.05) is 25.6 Å². The Labute approximate surface area is 155 Å². The predicted molar refractivity (Wildman–Crippen MR) is 105 cm³/mol. The molecule has 1 amide bonds. The number of carbonyl (C=O) groups excluding carboxylic acids is 1. The van der Waals surface area contributed by atoms with Gasteiger partial charge in [-0.25, -0.2) is 9.67 Å². The van der Waals surface area contributed by atoms with E-state index in [4.69, 9.17) is 0 Å². The molecule has 26 heavy (non-hydrogen) atoms. The maximum absolute atomic E-state index is 12.0. The quantitative estimate of drug-likeness (QED) is 0.706. The molecule has 0 aliphatic heterocycles. The summed E-state index contributed by atoms with van der Waals surface area (Å²) in [5, 5.41) is 5.11. The van der Waals surface area contributed by atoms with Crippen molar-refractivity contribution in [3.8, 4) is 21.8 Å². The first kappa shape index (κ1) is 18.0. The van der Waals surface area contributed by atoms with Gasteiger partial charge in [0.05, 0.1) is 16.6 Å². The van der Waals surface area contributed by atoms with Crippen molar-refractivity contribution < 1.29 is 4.79 Å². The summed E-state index contributed by atoms with van der Waals surface area (Å²) in [5.41, 5.74) is 2.21. The third kappa shape index (κ3) is 3.43. The van der Waals surface area contributed by atoms with Crippen LogP contribution in [0.5, 0.6) is 0 Å². The SMILES string of the molecule is CC(=O)N(C)c1nc(-c2ccccc2)c(-c2ccc(=O)n(C(C)C)n2)s1. The average Bonchev–Trinajstić information content (AvgIpc) is 3.07. The molecule has 0 radical (unpaired) electrons. The van der Waals surface area contributed by atoms with E-state index in [1.54, 1.807) is 13.1 Å². The third-order valence-electron chi connectivity index (χ3n) is 3.97. The first-order valence-electron chi connectivity index (χ1n) is 8.29. The minimum Gasteiger partial charge on any atom is -0.291 e. The van der Waals surface area contributed by atoms with Crippen molar-refractivity contribution in [1.29, 1.82) is 0 Å². The molecule has 0 saturated carbocycles. The molecule has 2 heterocycles. The van der Waals surface area contributed by atoms with Crippen molar-refractivity contribution in [3.05, 3.63) is 52.8 Å². The van der Waals surface area contributed by atoms with E-state index in [1.165, 1.54) is 33.9 Å². The van der Waals surface area contributed by atoms with Crippen LogP contribution in [-0.4, -0.2) is 27.7 Å². The highest BCUT2D eigenvalue weighted by Gasteiger charge is 2.20. The Morgan fingerprint density at radius 2 is 1.85 bits per heavy atom. The molecule has 0 N–H and O–H groups in total. The highest BCUT2D eigenvalue weighted by atomic mass is 32.1. The van der Waals surface area contributed by atoms with Crippen molar-refractivity contribution in [2.45, 2.75) is 26.8 Å². The number of hydrogen-bond acceptors (Lipinski definition) is 5. The van der Waals surface area contributed by atoms with E-state index < -0.39 is 0 Å². The van der Waals surface area contributed by atoms with Gasteiger partial charge in [0.1, 0.15) is 5.69 Å². The van der Waals surface area contributed by atoms with Crippen molar-refractivity contribution in [1.82, 2.24) is 14.8 Å². The first-order chi connectivity index (χ1) is 12.4. The van der Waals surface area contributed by atoms with Gasteiger partial charge in [-0.1, -0.05) is 41.7 Å². The number of hydrogen-bond donors (Lipinski definition) is 0. The Balaban J connectivity index is 2.21. The number of thiazole rings is 1. The molecule has 0 aliphatic carbocycles. The molecule has 6 nitrogen and oxygen atoms in total. The van der Waals surface area contributed by atoms with Gasteiger partial charge < -0.3 is 0 Å². The molecule has 0 fully saturated rings. The fraction of sp³-hybridized carbons (Fsp3) is 0.263. The van der Waals surface area contributed by atoms with Crippen LogP contribution >= 0.6 is 11.3 Å². The Kier molecular flexibility index (Phi) is 4.99. The molecule has 0 bridgehead atoms. The molecule has 1 aromatic carbocycles. The normalized spacial score (nSPS) is 11.0. The number of benzene rings is 1. The number of anilines is 1. The smallest absolute Gasteiger partial charge is 0.267 e. The van der Waals surface area contributed by atoms with Gasteiger partial charge >= 0.3 is 0 Å². The zero-order chi connectivity index (χ0) is 18.8. The number of rotatable bonds is 4. The molecule has 3 rings (SSSR count). The number of amides is 1. The minimum absolute atomic E-state index is 0.0464. The van der Waals surface area contributed by atoms with E-state index >= 15 is 0 Å². The van der Waals surface area contributed by atoms with Gasteiger partial charge in [-0.2, -0.15) is 5.10 Å². The molecular formula is C19H20N4O2S. The topological polar surface area (TPSA) is 68.1 Å². The maximum atomic E-state index is 12.0. The molecule has 0 unspecified atom stereocenters. The molecule has 0 spiro atoms. The monoisotopic (exact) mass is 368 g/mol. The predicted octanol–water partition coefficient (Wildman–Crippen LogP) is 3.60. The summed E-state index contributed by atoms with van der Waals surface area (Å²) in [6.07, 6.45) is 0. The molecule has 0 atom stereocenters. The molecule has 0 aliphatic rings. The second-order valence-corrected chi connectivity index (χ2v) is 7.19. The van der Waals surface area contributed by atoms with E-state index in [-0.39, 0.29) is 17.5 Å². The Bertz CT molecular complexity index is 992. The molecule has 0 saturated heterocycles. The van der Waals surface area contributed by atoms with Gasteiger partial charge in [-0.3, -0.25) is 14.5 Å².